The zero-order chi connectivity index (χ0) is 44.5. The molecule has 61 heavy (non-hydrogen) atoms. The molecule has 0 aliphatic carbocycles. The van der Waals surface area contributed by atoms with Crippen LogP contribution in [0.2, 0.25) is 0 Å². The van der Waals surface area contributed by atoms with Gasteiger partial charge in [-0.25, -0.2) is 0 Å². The van der Waals surface area contributed by atoms with Crippen molar-refractivity contribution in [2.75, 3.05) is 6.61 Å². The maximum atomic E-state index is 13.2. The Labute approximate surface area is 380 Å². The average Bonchev–Trinajstić information content (AvgIpc) is 3.25. The van der Waals surface area contributed by atoms with Crippen molar-refractivity contribution in [2.24, 2.45) is 0 Å². The average molecular weight is 860 g/mol. The Morgan fingerprint density at radius 2 is 0.820 bits per heavy atom. The van der Waals surface area contributed by atoms with E-state index in [1.54, 1.807) is 0 Å². The summed E-state index contributed by atoms with van der Waals surface area (Å²) in [6, 6.07) is -0.702. The number of hydrogen-bond donors (Lipinski definition) is 3. The molecule has 0 fully saturated rings. The van der Waals surface area contributed by atoms with Crippen LogP contribution in [0.3, 0.4) is 0 Å². The molecule has 0 rings (SSSR count). The Kier molecular flexibility index (Phi) is 48.0. The molecule has 0 aliphatic heterocycles. The number of amides is 1. The predicted octanol–water partition coefficient (Wildman–Crippen LogP) is 16.3. The number of esters is 1. The lowest BCUT2D eigenvalue weighted by Gasteiger charge is -2.24. The number of unbranched alkanes of at least 4 members (excludes halogenated alkanes) is 33. The summed E-state index contributed by atoms with van der Waals surface area (Å²) in [5.74, 6) is -0.483. The number of rotatable bonds is 49. The molecule has 3 unspecified atom stereocenters. The van der Waals surface area contributed by atoms with Gasteiger partial charge in [-0.2, -0.15) is 0 Å². The fourth-order valence-corrected chi connectivity index (χ4v) is 8.37. The second-order valence-electron chi connectivity index (χ2n) is 18.6. The summed E-state index contributed by atoms with van der Waals surface area (Å²) < 4.78 is 5.91. The Bertz CT molecular complexity index is 966. The minimum absolute atomic E-state index is 0.0692. The standard InChI is InChI=1S/C55H105NO5/c1-4-7-10-13-16-19-21-23-25-26-27-28-30-32-34-36-39-42-45-48-55(60)61-51(46-43-40-37-18-15-12-9-6-3)49-54(59)56-52(50-57)53(58)47-44-41-38-35-33-31-29-24-22-20-17-14-11-8-5-2/h12,15,23,25,51-53,57-58H,4-11,13-14,16-22,24,26-50H2,1-3H3,(H,56,59)/b15-12-,25-23+. The maximum Gasteiger partial charge on any atom is 0.306 e. The van der Waals surface area contributed by atoms with Crippen LogP contribution in [0, 0.1) is 0 Å². The summed E-state index contributed by atoms with van der Waals surface area (Å²) in [5, 5.41) is 23.7. The Morgan fingerprint density at radius 1 is 0.459 bits per heavy atom. The van der Waals surface area contributed by atoms with Gasteiger partial charge in [0.25, 0.3) is 0 Å². The van der Waals surface area contributed by atoms with E-state index in [4.69, 9.17) is 4.74 Å². The van der Waals surface area contributed by atoms with Crippen LogP contribution in [0.25, 0.3) is 0 Å². The molecule has 0 aromatic rings. The van der Waals surface area contributed by atoms with Crippen LogP contribution in [-0.2, 0) is 14.3 Å². The molecule has 0 radical (unpaired) electrons. The number of nitrogens with one attached hydrogen (secondary N) is 1. The van der Waals surface area contributed by atoms with E-state index in [-0.39, 0.29) is 24.9 Å². The highest BCUT2D eigenvalue weighted by atomic mass is 16.5. The molecule has 0 bridgehead atoms. The summed E-state index contributed by atoms with van der Waals surface area (Å²) in [5.41, 5.74) is 0. The van der Waals surface area contributed by atoms with E-state index in [0.29, 0.717) is 19.3 Å². The topological polar surface area (TPSA) is 95.9 Å². The first-order valence-corrected chi connectivity index (χ1v) is 27.1. The first-order valence-electron chi connectivity index (χ1n) is 27.1. The largest absolute Gasteiger partial charge is 0.462 e. The second kappa shape index (κ2) is 49.4. The summed E-state index contributed by atoms with van der Waals surface area (Å²) in [7, 11) is 0. The van der Waals surface area contributed by atoms with Crippen LogP contribution in [0.5, 0.6) is 0 Å². The van der Waals surface area contributed by atoms with Gasteiger partial charge in [-0.15, -0.1) is 0 Å². The number of aliphatic hydroxyl groups is 2. The molecule has 0 aromatic heterocycles. The van der Waals surface area contributed by atoms with Gasteiger partial charge in [0, 0.05) is 6.42 Å². The van der Waals surface area contributed by atoms with Crippen LogP contribution in [0.4, 0.5) is 0 Å². The first kappa shape index (κ1) is 59.3. The lowest BCUT2D eigenvalue weighted by atomic mass is 10.0. The Morgan fingerprint density at radius 3 is 1.25 bits per heavy atom. The van der Waals surface area contributed by atoms with E-state index in [9.17, 15) is 19.8 Å². The van der Waals surface area contributed by atoms with Crippen molar-refractivity contribution in [3.8, 4) is 0 Å². The van der Waals surface area contributed by atoms with E-state index < -0.39 is 18.2 Å². The van der Waals surface area contributed by atoms with E-state index in [2.05, 4.69) is 50.4 Å². The smallest absolute Gasteiger partial charge is 0.306 e. The summed E-state index contributed by atoms with van der Waals surface area (Å²) in [4.78, 5) is 26.1. The summed E-state index contributed by atoms with van der Waals surface area (Å²) in [6.45, 7) is 6.43. The number of carbonyl (C=O) groups is 2. The molecule has 0 heterocycles. The lowest BCUT2D eigenvalue weighted by Crippen LogP contribution is -2.46. The maximum absolute atomic E-state index is 13.2. The van der Waals surface area contributed by atoms with Gasteiger partial charge in [0.15, 0.2) is 0 Å². The lowest BCUT2D eigenvalue weighted by molar-refractivity contribution is -0.151. The molecule has 0 saturated heterocycles. The molecule has 3 N–H and O–H groups in total. The minimum Gasteiger partial charge on any atom is -0.462 e. The van der Waals surface area contributed by atoms with Crippen molar-refractivity contribution < 1.29 is 24.5 Å². The van der Waals surface area contributed by atoms with Crippen molar-refractivity contribution in [1.82, 2.24) is 5.32 Å². The molecule has 0 aliphatic rings. The number of hydrogen-bond acceptors (Lipinski definition) is 5. The molecule has 0 saturated carbocycles. The molecule has 360 valence electrons. The fraction of sp³-hybridized carbons (Fsp3) is 0.891. The third-order valence-electron chi connectivity index (χ3n) is 12.5. The molecule has 1 amide bonds. The van der Waals surface area contributed by atoms with Crippen LogP contribution in [-0.4, -0.2) is 46.9 Å². The predicted molar refractivity (Wildman–Crippen MR) is 264 cm³/mol. The summed E-state index contributed by atoms with van der Waals surface area (Å²) >= 11 is 0. The highest BCUT2D eigenvalue weighted by molar-refractivity contribution is 5.77. The van der Waals surface area contributed by atoms with Gasteiger partial charge in [0.2, 0.25) is 5.91 Å². The van der Waals surface area contributed by atoms with E-state index in [1.165, 1.54) is 173 Å². The zero-order valence-electron chi connectivity index (χ0n) is 41.1. The molecule has 0 aromatic carbocycles. The van der Waals surface area contributed by atoms with Crippen molar-refractivity contribution in [1.29, 1.82) is 0 Å². The van der Waals surface area contributed by atoms with Crippen molar-refractivity contribution in [2.45, 2.75) is 309 Å². The highest BCUT2D eigenvalue weighted by Crippen LogP contribution is 2.18. The van der Waals surface area contributed by atoms with Gasteiger partial charge < -0.3 is 20.3 Å². The van der Waals surface area contributed by atoms with Gasteiger partial charge in [-0.1, -0.05) is 231 Å². The van der Waals surface area contributed by atoms with Crippen LogP contribution >= 0.6 is 0 Å². The SMILES string of the molecule is CCC/C=C\CCCCCC(CC(=O)NC(CO)C(O)CCCCCCCCCCCCCCCCC)OC(=O)CCCCCCCCCCC/C=C/CCCCCCCC. The molecule has 3 atom stereocenters. The number of allylic oxidation sites excluding steroid dienone is 4. The third-order valence-corrected chi connectivity index (χ3v) is 12.5. The van der Waals surface area contributed by atoms with Gasteiger partial charge in [-0.05, 0) is 70.6 Å². The number of carbonyl (C=O) groups excluding carboxylic acids is 2. The molecular weight excluding hydrogens is 755 g/mol. The van der Waals surface area contributed by atoms with Crippen molar-refractivity contribution >= 4 is 11.9 Å². The van der Waals surface area contributed by atoms with Crippen molar-refractivity contribution in [3.63, 3.8) is 0 Å². The van der Waals surface area contributed by atoms with E-state index >= 15 is 0 Å². The first-order chi connectivity index (χ1) is 30.0. The summed E-state index contributed by atoms with van der Waals surface area (Å²) in [6.07, 6.45) is 56.9. The molecule has 6 nitrogen and oxygen atoms in total. The van der Waals surface area contributed by atoms with Crippen LogP contribution in [0.15, 0.2) is 24.3 Å². The fourth-order valence-electron chi connectivity index (χ4n) is 8.37. The normalized spacial score (nSPS) is 13.3. The monoisotopic (exact) mass is 860 g/mol. The Hall–Kier alpha value is -1.66. The molecule has 6 heteroatoms. The van der Waals surface area contributed by atoms with Gasteiger partial charge in [0.1, 0.15) is 6.10 Å². The minimum atomic E-state index is -0.788. The van der Waals surface area contributed by atoms with E-state index in [0.717, 1.165) is 70.6 Å². The molecule has 0 spiro atoms. The van der Waals surface area contributed by atoms with Crippen LogP contribution in [0.1, 0.15) is 290 Å². The van der Waals surface area contributed by atoms with Gasteiger partial charge in [0.05, 0.1) is 25.2 Å². The molecular formula is C55H105NO5. The van der Waals surface area contributed by atoms with Crippen LogP contribution < -0.4 is 5.32 Å². The highest BCUT2D eigenvalue weighted by Gasteiger charge is 2.24. The zero-order valence-corrected chi connectivity index (χ0v) is 41.1. The van der Waals surface area contributed by atoms with Gasteiger partial charge in [-0.3, -0.25) is 9.59 Å². The number of ether oxygens (including phenoxy) is 1. The van der Waals surface area contributed by atoms with E-state index in [1.807, 2.05) is 0 Å². The Balaban J connectivity index is 4.34. The van der Waals surface area contributed by atoms with Crippen molar-refractivity contribution in [3.05, 3.63) is 24.3 Å². The number of aliphatic hydroxyl groups excluding tert-OH is 2. The second-order valence-corrected chi connectivity index (χ2v) is 18.6. The van der Waals surface area contributed by atoms with Gasteiger partial charge >= 0.3 is 5.97 Å². The third kappa shape index (κ3) is 44.7. The quantitative estimate of drug-likeness (QED) is 0.0322.